The molecule has 3 aromatic rings. The molecule has 2 aromatic carbocycles. The largest absolute Gasteiger partial charge is 0.397 e. The van der Waals surface area contributed by atoms with Crippen LogP contribution in [-0.4, -0.2) is 11.7 Å². The van der Waals surface area contributed by atoms with E-state index in [1.165, 1.54) is 45.4 Å². The standard InChI is InChI=1S/C23H27NS.C2H6O/c1-3-8-22(24-23-15-16-25-18(23)2)12-7-4-9-19-13-14-20-10-5-6-11-21(20)17-19;1-2-3/h5-6,8,10-11,13-17,24H,3-4,7,9,12H2,1-2H3;3H,2H2,1H3/b22-8+;. The second kappa shape index (κ2) is 12.4. The van der Waals surface area contributed by atoms with Crippen molar-refractivity contribution in [2.24, 2.45) is 0 Å². The summed E-state index contributed by atoms with van der Waals surface area (Å²) in [5, 5.41) is 16.0. The Balaban J connectivity index is 0.000000878. The second-order valence-electron chi connectivity index (χ2n) is 6.86. The van der Waals surface area contributed by atoms with Gasteiger partial charge in [0.25, 0.3) is 0 Å². The van der Waals surface area contributed by atoms with Crippen molar-refractivity contribution in [1.29, 1.82) is 0 Å². The number of anilines is 1. The first kappa shape index (κ1) is 22.2. The van der Waals surface area contributed by atoms with Crippen LogP contribution in [0.3, 0.4) is 0 Å². The number of aliphatic hydroxyl groups is 1. The van der Waals surface area contributed by atoms with Crippen LogP contribution in [0.5, 0.6) is 0 Å². The van der Waals surface area contributed by atoms with Crippen molar-refractivity contribution in [2.45, 2.75) is 52.9 Å². The lowest BCUT2D eigenvalue weighted by Gasteiger charge is -2.11. The highest BCUT2D eigenvalue weighted by molar-refractivity contribution is 7.10. The van der Waals surface area contributed by atoms with E-state index < -0.39 is 0 Å². The first-order valence-electron chi connectivity index (χ1n) is 10.3. The van der Waals surface area contributed by atoms with Crippen molar-refractivity contribution in [2.75, 3.05) is 11.9 Å². The van der Waals surface area contributed by atoms with Crippen molar-refractivity contribution in [1.82, 2.24) is 0 Å². The molecule has 1 aromatic heterocycles. The summed E-state index contributed by atoms with van der Waals surface area (Å²) in [6, 6.07) is 17.6. The average molecular weight is 396 g/mol. The summed E-state index contributed by atoms with van der Waals surface area (Å²) in [6.45, 7) is 6.31. The van der Waals surface area contributed by atoms with Crippen LogP contribution in [0.25, 0.3) is 10.8 Å². The normalized spacial score (nSPS) is 11.2. The van der Waals surface area contributed by atoms with Crippen LogP contribution in [0.2, 0.25) is 0 Å². The molecule has 0 fully saturated rings. The smallest absolute Gasteiger partial charge is 0.0520 e. The molecule has 2 N–H and O–H groups in total. The summed E-state index contributed by atoms with van der Waals surface area (Å²) < 4.78 is 0. The number of aliphatic hydroxyl groups excluding tert-OH is 1. The van der Waals surface area contributed by atoms with E-state index >= 15 is 0 Å². The van der Waals surface area contributed by atoms with Gasteiger partial charge in [-0.1, -0.05) is 55.5 Å². The van der Waals surface area contributed by atoms with E-state index in [9.17, 15) is 0 Å². The quantitative estimate of drug-likeness (QED) is 0.391. The number of hydrogen-bond donors (Lipinski definition) is 2. The van der Waals surface area contributed by atoms with E-state index in [4.69, 9.17) is 5.11 Å². The van der Waals surface area contributed by atoms with E-state index in [0.29, 0.717) is 0 Å². The van der Waals surface area contributed by atoms with E-state index in [0.717, 1.165) is 19.3 Å². The minimum atomic E-state index is 0.250. The van der Waals surface area contributed by atoms with E-state index in [1.807, 2.05) is 0 Å². The molecule has 0 unspecified atom stereocenters. The predicted octanol–water partition coefficient (Wildman–Crippen LogP) is 7.33. The summed E-state index contributed by atoms with van der Waals surface area (Å²) in [5.41, 5.74) is 4.07. The van der Waals surface area contributed by atoms with Crippen LogP contribution in [-0.2, 0) is 6.42 Å². The summed E-state index contributed by atoms with van der Waals surface area (Å²) in [6.07, 6.45) is 8.13. The van der Waals surface area contributed by atoms with Crippen LogP contribution in [0.1, 0.15) is 50.0 Å². The van der Waals surface area contributed by atoms with Crippen molar-refractivity contribution >= 4 is 27.8 Å². The third kappa shape index (κ3) is 7.14. The van der Waals surface area contributed by atoms with Gasteiger partial charge in [-0.3, -0.25) is 0 Å². The molecule has 0 saturated heterocycles. The predicted molar refractivity (Wildman–Crippen MR) is 125 cm³/mol. The number of hydrogen-bond acceptors (Lipinski definition) is 3. The maximum absolute atomic E-state index is 7.57. The van der Waals surface area contributed by atoms with E-state index in [1.54, 1.807) is 18.3 Å². The van der Waals surface area contributed by atoms with Crippen LogP contribution in [0, 0.1) is 6.92 Å². The summed E-state index contributed by atoms with van der Waals surface area (Å²) >= 11 is 1.80. The molecule has 0 radical (unpaired) electrons. The minimum Gasteiger partial charge on any atom is -0.397 e. The van der Waals surface area contributed by atoms with E-state index in [2.05, 4.69) is 79.2 Å². The minimum absolute atomic E-state index is 0.250. The van der Waals surface area contributed by atoms with Gasteiger partial charge in [0.2, 0.25) is 0 Å². The van der Waals surface area contributed by atoms with Gasteiger partial charge in [0.1, 0.15) is 0 Å². The number of unbranched alkanes of at least 4 members (excludes halogenated alkanes) is 1. The van der Waals surface area contributed by atoms with Gasteiger partial charge in [0.05, 0.1) is 5.69 Å². The van der Waals surface area contributed by atoms with Gasteiger partial charge in [-0.2, -0.15) is 0 Å². The third-order valence-corrected chi connectivity index (χ3v) is 5.43. The Morgan fingerprint density at radius 1 is 1.04 bits per heavy atom. The van der Waals surface area contributed by atoms with Gasteiger partial charge >= 0.3 is 0 Å². The maximum atomic E-state index is 7.57. The highest BCUT2D eigenvalue weighted by Crippen LogP contribution is 2.24. The zero-order valence-electron chi connectivity index (χ0n) is 17.4. The molecular weight excluding hydrogens is 362 g/mol. The number of nitrogens with one attached hydrogen (secondary N) is 1. The van der Waals surface area contributed by atoms with Crippen LogP contribution in [0.15, 0.2) is 65.7 Å². The van der Waals surface area contributed by atoms with Crippen LogP contribution < -0.4 is 5.32 Å². The lowest BCUT2D eigenvalue weighted by Crippen LogP contribution is -2.00. The fourth-order valence-electron chi connectivity index (χ4n) is 3.19. The summed E-state index contributed by atoms with van der Waals surface area (Å²) in [7, 11) is 0. The number of rotatable bonds is 8. The number of fused-ring (bicyclic) bond motifs is 1. The number of thiophene rings is 1. The van der Waals surface area contributed by atoms with Crippen LogP contribution in [0.4, 0.5) is 5.69 Å². The Morgan fingerprint density at radius 2 is 1.79 bits per heavy atom. The monoisotopic (exact) mass is 395 g/mol. The molecule has 28 heavy (non-hydrogen) atoms. The molecule has 2 nitrogen and oxygen atoms in total. The molecule has 0 bridgehead atoms. The van der Waals surface area contributed by atoms with Gasteiger partial charge < -0.3 is 10.4 Å². The first-order valence-corrected chi connectivity index (χ1v) is 11.1. The molecule has 1 heterocycles. The van der Waals surface area contributed by atoms with Gasteiger partial charge in [-0.05, 0) is 73.7 Å². The number of aryl methyl sites for hydroxylation is 2. The fraction of sp³-hybridized carbons (Fsp3) is 0.360. The van der Waals surface area contributed by atoms with Crippen molar-refractivity contribution in [3.05, 3.63) is 76.1 Å². The molecule has 0 atom stereocenters. The molecule has 0 spiro atoms. The van der Waals surface area contributed by atoms with Gasteiger partial charge in [0.15, 0.2) is 0 Å². The van der Waals surface area contributed by atoms with Crippen molar-refractivity contribution in [3.8, 4) is 0 Å². The maximum Gasteiger partial charge on any atom is 0.0520 e. The molecule has 0 aliphatic heterocycles. The molecule has 0 saturated carbocycles. The molecule has 150 valence electrons. The second-order valence-corrected chi connectivity index (χ2v) is 7.98. The Hall–Kier alpha value is -2.10. The van der Waals surface area contributed by atoms with E-state index in [-0.39, 0.29) is 6.61 Å². The van der Waals surface area contributed by atoms with Gasteiger partial charge in [0, 0.05) is 17.2 Å². The first-order chi connectivity index (χ1) is 13.7. The molecular formula is C25H33NOS. The molecule has 3 heteroatoms. The molecule has 3 rings (SSSR count). The zero-order chi connectivity index (χ0) is 20.2. The Bertz CT molecular complexity index is 866. The lowest BCUT2D eigenvalue weighted by atomic mass is 10.0. The van der Waals surface area contributed by atoms with Crippen molar-refractivity contribution < 1.29 is 5.11 Å². The Labute approximate surface area is 173 Å². The highest BCUT2D eigenvalue weighted by Gasteiger charge is 2.03. The Kier molecular flexibility index (Phi) is 9.81. The average Bonchev–Trinajstić information content (AvgIpc) is 3.10. The Morgan fingerprint density at radius 3 is 2.46 bits per heavy atom. The topological polar surface area (TPSA) is 32.3 Å². The van der Waals surface area contributed by atoms with Gasteiger partial charge in [-0.25, -0.2) is 0 Å². The van der Waals surface area contributed by atoms with Gasteiger partial charge in [-0.15, -0.1) is 11.3 Å². The third-order valence-electron chi connectivity index (χ3n) is 4.58. The zero-order valence-corrected chi connectivity index (χ0v) is 18.2. The van der Waals surface area contributed by atoms with Crippen molar-refractivity contribution in [3.63, 3.8) is 0 Å². The number of allylic oxidation sites excluding steroid dienone is 2. The fourth-order valence-corrected chi connectivity index (χ4v) is 3.84. The summed E-state index contributed by atoms with van der Waals surface area (Å²) in [5.74, 6) is 0. The summed E-state index contributed by atoms with van der Waals surface area (Å²) in [4.78, 5) is 1.36. The number of benzene rings is 2. The molecule has 0 amide bonds. The molecule has 0 aliphatic rings. The van der Waals surface area contributed by atoms with Crippen LogP contribution >= 0.6 is 11.3 Å². The highest BCUT2D eigenvalue weighted by atomic mass is 32.1. The SMILES string of the molecule is CC/C=C(\CCCCc1ccc2ccccc2c1)Nc1ccsc1C.CCO. The molecule has 0 aliphatic carbocycles. The lowest BCUT2D eigenvalue weighted by molar-refractivity contribution is 0.318.